The van der Waals surface area contributed by atoms with Crippen LogP contribution in [0.2, 0.25) is 0 Å². The van der Waals surface area contributed by atoms with E-state index in [9.17, 15) is 0 Å². The molecule has 2 aromatic rings. The van der Waals surface area contributed by atoms with Gasteiger partial charge in [-0.2, -0.15) is 0 Å². The number of halogens is 1. The highest BCUT2D eigenvalue weighted by molar-refractivity contribution is 9.10. The minimum atomic E-state index is 0.790. The largest absolute Gasteiger partial charge is 0.399 e. The van der Waals surface area contributed by atoms with Crippen LogP contribution in [0.5, 0.6) is 0 Å². The fraction of sp³-hybridized carbons (Fsp3) is 0.167. The van der Waals surface area contributed by atoms with Crippen LogP contribution in [0.3, 0.4) is 0 Å². The van der Waals surface area contributed by atoms with Crippen molar-refractivity contribution in [2.24, 2.45) is 0 Å². The van der Waals surface area contributed by atoms with E-state index in [0.717, 1.165) is 22.4 Å². The van der Waals surface area contributed by atoms with Crippen LogP contribution in [0, 0.1) is 6.92 Å². The zero-order valence-corrected chi connectivity index (χ0v) is 11.4. The third-order valence-electron chi connectivity index (χ3n) is 2.39. The van der Waals surface area contributed by atoms with Gasteiger partial charge in [0.25, 0.3) is 0 Å². The lowest BCUT2D eigenvalue weighted by atomic mass is 10.2. The van der Waals surface area contributed by atoms with Gasteiger partial charge in [0.05, 0.1) is 6.54 Å². The molecule has 0 saturated carbocycles. The summed E-state index contributed by atoms with van der Waals surface area (Å²) in [5, 5.41) is 5.47. The number of aryl methyl sites for hydroxylation is 1. The van der Waals surface area contributed by atoms with Crippen LogP contribution in [0.15, 0.2) is 34.1 Å². The average molecular weight is 297 g/mol. The topological polar surface area (TPSA) is 38.0 Å². The molecule has 4 heteroatoms. The Bertz CT molecular complexity index is 494. The van der Waals surface area contributed by atoms with E-state index in [4.69, 9.17) is 5.73 Å². The molecule has 1 aromatic heterocycles. The van der Waals surface area contributed by atoms with Gasteiger partial charge in [0.2, 0.25) is 0 Å². The first-order valence-corrected chi connectivity index (χ1v) is 6.66. The summed E-state index contributed by atoms with van der Waals surface area (Å²) in [5.74, 6) is 0. The van der Waals surface area contributed by atoms with Crippen molar-refractivity contribution in [1.29, 1.82) is 0 Å². The van der Waals surface area contributed by atoms with Crippen LogP contribution in [0.1, 0.15) is 10.4 Å². The second-order valence-corrected chi connectivity index (χ2v) is 5.47. The monoisotopic (exact) mass is 296 g/mol. The molecule has 0 fully saturated rings. The molecule has 0 aliphatic carbocycles. The molecule has 84 valence electrons. The Labute approximate surface area is 108 Å². The third-order valence-corrected chi connectivity index (χ3v) is 4.32. The number of nitrogen functional groups attached to an aromatic ring is 1. The molecule has 0 amide bonds. The number of hydrogen-bond acceptors (Lipinski definition) is 3. The maximum atomic E-state index is 5.76. The number of thiophene rings is 1. The van der Waals surface area contributed by atoms with E-state index in [1.54, 1.807) is 11.3 Å². The number of hydrogen-bond donors (Lipinski definition) is 2. The number of nitrogens with two attached hydrogens (primary N) is 1. The Kier molecular flexibility index (Phi) is 3.51. The number of benzene rings is 1. The standard InChI is InChI=1S/C12H13BrN2S/c1-8-2-3-9(14)6-11(8)15-7-12-10(13)4-5-16-12/h2-6,15H,7,14H2,1H3. The Balaban J connectivity index is 2.10. The summed E-state index contributed by atoms with van der Waals surface area (Å²) in [4.78, 5) is 1.29. The number of nitrogens with one attached hydrogen (secondary N) is 1. The lowest BCUT2D eigenvalue weighted by molar-refractivity contribution is 1.17. The molecule has 0 atom stereocenters. The molecule has 0 saturated heterocycles. The van der Waals surface area contributed by atoms with Crippen molar-refractivity contribution >= 4 is 38.6 Å². The predicted octanol–water partition coefficient (Wildman–Crippen LogP) is 4.01. The molecular weight excluding hydrogens is 284 g/mol. The predicted molar refractivity (Wildman–Crippen MR) is 74.9 cm³/mol. The van der Waals surface area contributed by atoms with Crippen LogP contribution in [0.4, 0.5) is 11.4 Å². The lowest BCUT2D eigenvalue weighted by Crippen LogP contribution is -2.00. The molecule has 2 nitrogen and oxygen atoms in total. The van der Waals surface area contributed by atoms with Gasteiger partial charge in [-0.25, -0.2) is 0 Å². The van der Waals surface area contributed by atoms with Crippen LogP contribution >= 0.6 is 27.3 Å². The number of anilines is 2. The molecule has 0 aliphatic heterocycles. The molecular formula is C12H13BrN2S. The normalized spacial score (nSPS) is 10.4. The van der Waals surface area contributed by atoms with Crippen LogP contribution < -0.4 is 11.1 Å². The van der Waals surface area contributed by atoms with E-state index in [2.05, 4.69) is 39.6 Å². The number of rotatable bonds is 3. The highest BCUT2D eigenvalue weighted by Crippen LogP contribution is 2.25. The Morgan fingerprint density at radius 2 is 2.19 bits per heavy atom. The van der Waals surface area contributed by atoms with E-state index in [1.165, 1.54) is 10.4 Å². The third kappa shape index (κ3) is 2.57. The van der Waals surface area contributed by atoms with Gasteiger partial charge in [0.15, 0.2) is 0 Å². The molecule has 2 rings (SSSR count). The van der Waals surface area contributed by atoms with Gasteiger partial charge in [0.1, 0.15) is 0 Å². The van der Waals surface area contributed by atoms with Crippen molar-refractivity contribution in [1.82, 2.24) is 0 Å². The van der Waals surface area contributed by atoms with Crippen molar-refractivity contribution in [2.45, 2.75) is 13.5 Å². The van der Waals surface area contributed by atoms with Gasteiger partial charge < -0.3 is 11.1 Å². The first kappa shape index (κ1) is 11.5. The summed E-state index contributed by atoms with van der Waals surface area (Å²) in [6.45, 7) is 2.90. The van der Waals surface area contributed by atoms with Gasteiger partial charge in [-0.05, 0) is 52.0 Å². The zero-order chi connectivity index (χ0) is 11.5. The fourth-order valence-electron chi connectivity index (χ4n) is 1.46. The Morgan fingerprint density at radius 3 is 2.88 bits per heavy atom. The van der Waals surface area contributed by atoms with Crippen LogP contribution in [-0.2, 0) is 6.54 Å². The lowest BCUT2D eigenvalue weighted by Gasteiger charge is -2.09. The highest BCUT2D eigenvalue weighted by Gasteiger charge is 2.02. The first-order valence-electron chi connectivity index (χ1n) is 4.98. The SMILES string of the molecule is Cc1ccc(N)cc1NCc1sccc1Br. The van der Waals surface area contributed by atoms with Crippen molar-refractivity contribution in [3.8, 4) is 0 Å². The minimum Gasteiger partial charge on any atom is -0.399 e. The summed E-state index contributed by atoms with van der Waals surface area (Å²) in [6.07, 6.45) is 0. The highest BCUT2D eigenvalue weighted by atomic mass is 79.9. The summed E-state index contributed by atoms with van der Waals surface area (Å²) in [7, 11) is 0. The molecule has 1 aromatic carbocycles. The van der Waals surface area contributed by atoms with Gasteiger partial charge in [0, 0.05) is 20.7 Å². The molecule has 16 heavy (non-hydrogen) atoms. The molecule has 3 N–H and O–H groups in total. The van der Waals surface area contributed by atoms with E-state index in [-0.39, 0.29) is 0 Å². The smallest absolute Gasteiger partial charge is 0.0505 e. The summed E-state index contributed by atoms with van der Waals surface area (Å²) in [6, 6.07) is 7.98. The maximum absolute atomic E-state index is 5.76. The zero-order valence-electron chi connectivity index (χ0n) is 8.96. The maximum Gasteiger partial charge on any atom is 0.0505 e. The molecule has 0 radical (unpaired) electrons. The van der Waals surface area contributed by atoms with Gasteiger partial charge in [-0.3, -0.25) is 0 Å². The molecule has 0 spiro atoms. The van der Waals surface area contributed by atoms with E-state index in [1.807, 2.05) is 18.2 Å². The van der Waals surface area contributed by atoms with E-state index in [0.29, 0.717) is 0 Å². The minimum absolute atomic E-state index is 0.790. The van der Waals surface area contributed by atoms with E-state index < -0.39 is 0 Å². The van der Waals surface area contributed by atoms with Crippen LogP contribution in [-0.4, -0.2) is 0 Å². The van der Waals surface area contributed by atoms with Crippen molar-refractivity contribution < 1.29 is 0 Å². The van der Waals surface area contributed by atoms with Crippen LogP contribution in [0.25, 0.3) is 0 Å². The summed E-state index contributed by atoms with van der Waals surface area (Å²) in [5.41, 5.74) is 8.86. The molecule has 0 aliphatic rings. The van der Waals surface area contributed by atoms with Gasteiger partial charge in [-0.1, -0.05) is 6.07 Å². The molecule has 0 unspecified atom stereocenters. The van der Waals surface area contributed by atoms with Crippen molar-refractivity contribution in [3.63, 3.8) is 0 Å². The fourth-order valence-corrected chi connectivity index (χ4v) is 2.89. The summed E-state index contributed by atoms with van der Waals surface area (Å²) < 4.78 is 1.16. The van der Waals surface area contributed by atoms with Crippen molar-refractivity contribution in [2.75, 3.05) is 11.1 Å². The van der Waals surface area contributed by atoms with Gasteiger partial charge in [-0.15, -0.1) is 11.3 Å². The van der Waals surface area contributed by atoms with Gasteiger partial charge >= 0.3 is 0 Å². The van der Waals surface area contributed by atoms with Crippen molar-refractivity contribution in [3.05, 3.63) is 44.6 Å². The second kappa shape index (κ2) is 4.89. The second-order valence-electron chi connectivity index (χ2n) is 3.62. The quantitative estimate of drug-likeness (QED) is 0.840. The first-order chi connectivity index (χ1) is 7.66. The van der Waals surface area contributed by atoms with E-state index >= 15 is 0 Å². The Hall–Kier alpha value is -1.00. The Morgan fingerprint density at radius 1 is 1.38 bits per heavy atom. The molecule has 0 bridgehead atoms. The average Bonchev–Trinajstić information content (AvgIpc) is 2.66. The molecule has 1 heterocycles. The summed E-state index contributed by atoms with van der Waals surface area (Å²) >= 11 is 5.26.